The van der Waals surface area contributed by atoms with Crippen molar-refractivity contribution in [1.29, 1.82) is 0 Å². The van der Waals surface area contributed by atoms with Gasteiger partial charge in [-0.15, -0.1) is 11.8 Å². The maximum atomic E-state index is 12.1. The molecule has 0 radical (unpaired) electrons. The molecule has 1 heterocycles. The first-order valence-corrected chi connectivity index (χ1v) is 11.2. The molecule has 2 amide bonds. The van der Waals surface area contributed by atoms with E-state index in [1.165, 1.54) is 31.1 Å². The van der Waals surface area contributed by atoms with Crippen molar-refractivity contribution in [3.8, 4) is 0 Å². The minimum Gasteiger partial charge on any atom is -0.353 e. The molecule has 1 aliphatic heterocycles. The summed E-state index contributed by atoms with van der Waals surface area (Å²) in [4.78, 5) is 26.5. The van der Waals surface area contributed by atoms with Gasteiger partial charge in [-0.25, -0.2) is 0 Å². The Labute approximate surface area is 168 Å². The van der Waals surface area contributed by atoms with Crippen molar-refractivity contribution in [2.75, 3.05) is 36.5 Å². The molecule has 0 saturated carbocycles. The number of carbonyl (C=O) groups is 2. The lowest BCUT2D eigenvalue weighted by molar-refractivity contribution is -0.119. The van der Waals surface area contributed by atoms with Crippen LogP contribution in [0, 0.1) is 0 Å². The van der Waals surface area contributed by atoms with Crippen molar-refractivity contribution in [2.24, 2.45) is 0 Å². The number of amides is 2. The summed E-state index contributed by atoms with van der Waals surface area (Å²) in [6, 6.07) is 7.74. The van der Waals surface area contributed by atoms with Gasteiger partial charge in [-0.2, -0.15) is 0 Å². The molecule has 1 aliphatic rings. The number of anilines is 1. The Bertz CT molecular complexity index is 592. The van der Waals surface area contributed by atoms with E-state index in [4.69, 9.17) is 0 Å². The standard InChI is InChI=1S/C19H28BrN3O2S/c1-2-3-9-23-10-7-16(8-11-23)21-18(24)13-26-14-19(25)22-17-6-4-5-15(20)12-17/h4-6,12,16H,2-3,7-11,13-14H2,1H3,(H,21,24)(H,22,25). The molecule has 7 heteroatoms. The Balaban J connectivity index is 1.58. The van der Waals surface area contributed by atoms with Crippen molar-refractivity contribution >= 4 is 45.2 Å². The van der Waals surface area contributed by atoms with Gasteiger partial charge in [0, 0.05) is 29.3 Å². The van der Waals surface area contributed by atoms with Crippen LogP contribution in [0.3, 0.4) is 0 Å². The van der Waals surface area contributed by atoms with E-state index in [1.807, 2.05) is 24.3 Å². The van der Waals surface area contributed by atoms with Gasteiger partial charge in [0.05, 0.1) is 11.5 Å². The number of rotatable bonds is 9. The normalized spacial score (nSPS) is 15.6. The fourth-order valence-corrected chi connectivity index (χ4v) is 3.98. The van der Waals surface area contributed by atoms with Crippen molar-refractivity contribution in [2.45, 2.75) is 38.6 Å². The van der Waals surface area contributed by atoms with Crippen LogP contribution in [-0.2, 0) is 9.59 Å². The van der Waals surface area contributed by atoms with Gasteiger partial charge in [-0.1, -0.05) is 35.3 Å². The topological polar surface area (TPSA) is 61.4 Å². The van der Waals surface area contributed by atoms with Crippen LogP contribution in [-0.4, -0.2) is 53.9 Å². The van der Waals surface area contributed by atoms with E-state index in [9.17, 15) is 9.59 Å². The summed E-state index contributed by atoms with van der Waals surface area (Å²) >= 11 is 4.72. The predicted molar refractivity (Wildman–Crippen MR) is 113 cm³/mol. The number of nitrogens with zero attached hydrogens (tertiary/aromatic N) is 1. The van der Waals surface area contributed by atoms with Crippen LogP contribution >= 0.6 is 27.7 Å². The highest BCUT2D eigenvalue weighted by atomic mass is 79.9. The number of unbranched alkanes of at least 4 members (excludes halogenated alkanes) is 1. The number of hydrogen-bond acceptors (Lipinski definition) is 4. The first-order chi connectivity index (χ1) is 12.6. The van der Waals surface area contributed by atoms with Gasteiger partial charge in [0.15, 0.2) is 0 Å². The average Bonchev–Trinajstić information content (AvgIpc) is 2.61. The van der Waals surface area contributed by atoms with E-state index < -0.39 is 0 Å². The lowest BCUT2D eigenvalue weighted by Crippen LogP contribution is -2.45. The van der Waals surface area contributed by atoms with Crippen LogP contribution in [0.25, 0.3) is 0 Å². The average molecular weight is 442 g/mol. The molecular formula is C19H28BrN3O2S. The molecule has 0 spiro atoms. The molecule has 0 bridgehead atoms. The molecule has 1 saturated heterocycles. The molecule has 2 N–H and O–H groups in total. The van der Waals surface area contributed by atoms with Gasteiger partial charge in [0.25, 0.3) is 0 Å². The van der Waals surface area contributed by atoms with Gasteiger partial charge >= 0.3 is 0 Å². The van der Waals surface area contributed by atoms with Crippen LogP contribution in [0.2, 0.25) is 0 Å². The van der Waals surface area contributed by atoms with Gasteiger partial charge in [0.2, 0.25) is 11.8 Å². The number of halogens is 1. The third kappa shape index (κ3) is 8.10. The van der Waals surface area contributed by atoms with Crippen molar-refractivity contribution in [1.82, 2.24) is 10.2 Å². The van der Waals surface area contributed by atoms with Crippen LogP contribution in [0.4, 0.5) is 5.69 Å². The zero-order chi connectivity index (χ0) is 18.8. The van der Waals surface area contributed by atoms with E-state index in [0.29, 0.717) is 5.75 Å². The summed E-state index contributed by atoms with van der Waals surface area (Å²) < 4.78 is 0.920. The minimum absolute atomic E-state index is 0.0252. The number of nitrogens with one attached hydrogen (secondary N) is 2. The zero-order valence-electron chi connectivity index (χ0n) is 15.3. The van der Waals surface area contributed by atoms with Crippen molar-refractivity contribution in [3.05, 3.63) is 28.7 Å². The van der Waals surface area contributed by atoms with Crippen LogP contribution in [0.5, 0.6) is 0 Å². The Morgan fingerprint density at radius 2 is 1.96 bits per heavy atom. The highest BCUT2D eigenvalue weighted by Gasteiger charge is 2.20. The Morgan fingerprint density at radius 3 is 2.65 bits per heavy atom. The predicted octanol–water partition coefficient (Wildman–Crippen LogP) is 3.50. The van der Waals surface area contributed by atoms with E-state index in [-0.39, 0.29) is 23.6 Å². The summed E-state index contributed by atoms with van der Waals surface area (Å²) in [6.07, 6.45) is 4.51. The van der Waals surface area contributed by atoms with E-state index >= 15 is 0 Å². The number of piperidine rings is 1. The number of likely N-dealkylation sites (tertiary alicyclic amines) is 1. The third-order valence-corrected chi connectivity index (χ3v) is 5.78. The molecule has 0 unspecified atom stereocenters. The number of hydrogen-bond donors (Lipinski definition) is 2. The Kier molecular flexibility index (Phi) is 9.50. The smallest absolute Gasteiger partial charge is 0.234 e. The summed E-state index contributed by atoms with van der Waals surface area (Å²) in [5, 5.41) is 5.93. The van der Waals surface area contributed by atoms with Crippen molar-refractivity contribution in [3.63, 3.8) is 0 Å². The Hall–Kier alpha value is -1.05. The fraction of sp³-hybridized carbons (Fsp3) is 0.579. The molecule has 0 aromatic heterocycles. The molecule has 0 aliphatic carbocycles. The van der Waals surface area contributed by atoms with Gasteiger partial charge in [-0.05, 0) is 44.0 Å². The van der Waals surface area contributed by atoms with E-state index in [2.05, 4.69) is 38.4 Å². The second-order valence-electron chi connectivity index (χ2n) is 6.59. The second-order valence-corrected chi connectivity index (χ2v) is 8.49. The lowest BCUT2D eigenvalue weighted by atomic mass is 10.0. The molecule has 0 atom stereocenters. The fourth-order valence-electron chi connectivity index (χ4n) is 2.95. The molecular weight excluding hydrogens is 414 g/mol. The highest BCUT2D eigenvalue weighted by Crippen LogP contribution is 2.16. The maximum absolute atomic E-state index is 12.1. The number of carbonyl (C=O) groups excluding carboxylic acids is 2. The van der Waals surface area contributed by atoms with Gasteiger partial charge in [-0.3, -0.25) is 9.59 Å². The van der Waals surface area contributed by atoms with Crippen molar-refractivity contribution < 1.29 is 9.59 Å². The molecule has 1 aromatic rings. The second kappa shape index (κ2) is 11.6. The zero-order valence-corrected chi connectivity index (χ0v) is 17.7. The summed E-state index contributed by atoms with van der Waals surface area (Å²) in [6.45, 7) is 5.50. The number of thioether (sulfide) groups is 1. The molecule has 26 heavy (non-hydrogen) atoms. The first kappa shape index (κ1) is 21.3. The summed E-state index contributed by atoms with van der Waals surface area (Å²) in [7, 11) is 0. The summed E-state index contributed by atoms with van der Waals surface area (Å²) in [5.74, 6) is 0.527. The van der Waals surface area contributed by atoms with Crippen LogP contribution in [0.15, 0.2) is 28.7 Å². The molecule has 1 aromatic carbocycles. The SMILES string of the molecule is CCCCN1CCC(NC(=O)CSCC(=O)Nc2cccc(Br)c2)CC1. The molecule has 2 rings (SSSR count). The van der Waals surface area contributed by atoms with Crippen LogP contribution in [0.1, 0.15) is 32.6 Å². The number of benzene rings is 1. The van der Waals surface area contributed by atoms with E-state index in [0.717, 1.165) is 36.1 Å². The minimum atomic E-state index is -0.0925. The van der Waals surface area contributed by atoms with Gasteiger partial charge in [0.1, 0.15) is 0 Å². The maximum Gasteiger partial charge on any atom is 0.234 e. The monoisotopic (exact) mass is 441 g/mol. The summed E-state index contributed by atoms with van der Waals surface area (Å²) in [5.41, 5.74) is 0.754. The quantitative estimate of drug-likeness (QED) is 0.615. The first-order valence-electron chi connectivity index (χ1n) is 9.21. The molecule has 5 nitrogen and oxygen atoms in total. The van der Waals surface area contributed by atoms with Gasteiger partial charge < -0.3 is 15.5 Å². The van der Waals surface area contributed by atoms with E-state index in [1.54, 1.807) is 0 Å². The highest BCUT2D eigenvalue weighted by molar-refractivity contribution is 9.10. The lowest BCUT2D eigenvalue weighted by Gasteiger charge is -2.32. The molecule has 1 fully saturated rings. The largest absolute Gasteiger partial charge is 0.353 e. The Morgan fingerprint density at radius 1 is 1.23 bits per heavy atom. The third-order valence-electron chi connectivity index (χ3n) is 4.36. The van der Waals surface area contributed by atoms with Crippen LogP contribution < -0.4 is 10.6 Å². The molecule has 144 valence electrons.